The smallest absolute Gasteiger partial charge is 0.132 e. The van der Waals surface area contributed by atoms with Crippen molar-refractivity contribution in [2.45, 2.75) is 26.6 Å². The number of hydrogen-bond acceptors (Lipinski definition) is 3. The molecule has 22 heavy (non-hydrogen) atoms. The molecule has 0 spiro atoms. The molecule has 0 saturated carbocycles. The molecule has 3 nitrogen and oxygen atoms in total. The number of rotatable bonds is 6. The van der Waals surface area contributed by atoms with Crippen LogP contribution < -0.4 is 5.32 Å². The summed E-state index contributed by atoms with van der Waals surface area (Å²) >= 11 is 8.26. The lowest BCUT2D eigenvalue weighted by Gasteiger charge is -2.05. The Morgan fingerprint density at radius 1 is 1.14 bits per heavy atom. The molecule has 0 aliphatic rings. The molecule has 1 aromatic carbocycles. The number of aryl methyl sites for hydroxylation is 1. The van der Waals surface area contributed by atoms with Gasteiger partial charge in [-0.15, -0.1) is 11.3 Å². The predicted molar refractivity (Wildman–Crippen MR) is 92.4 cm³/mol. The Balaban J connectivity index is 1.67. The molecule has 3 aromatic rings. The van der Waals surface area contributed by atoms with Crippen LogP contribution in [-0.4, -0.2) is 9.78 Å². The van der Waals surface area contributed by atoms with Gasteiger partial charge >= 0.3 is 0 Å². The zero-order chi connectivity index (χ0) is 15.4. The van der Waals surface area contributed by atoms with Gasteiger partial charge in [-0.25, -0.2) is 4.68 Å². The van der Waals surface area contributed by atoms with E-state index in [1.165, 1.54) is 10.4 Å². The van der Waals surface area contributed by atoms with E-state index in [0.29, 0.717) is 6.54 Å². The summed E-state index contributed by atoms with van der Waals surface area (Å²) in [6.07, 6.45) is 0. The highest BCUT2D eigenvalue weighted by molar-refractivity contribution is 7.09. The fraction of sp³-hybridized carbons (Fsp3) is 0.235. The molecule has 0 unspecified atom stereocenters. The van der Waals surface area contributed by atoms with Gasteiger partial charge in [-0.2, -0.15) is 5.10 Å². The van der Waals surface area contributed by atoms with Crippen LogP contribution in [0.5, 0.6) is 0 Å². The number of aromatic nitrogens is 2. The lowest BCUT2D eigenvalue weighted by Crippen LogP contribution is -2.12. The van der Waals surface area contributed by atoms with Crippen molar-refractivity contribution < 1.29 is 0 Å². The van der Waals surface area contributed by atoms with Crippen molar-refractivity contribution >= 4 is 22.9 Å². The van der Waals surface area contributed by atoms with Crippen LogP contribution in [0.25, 0.3) is 0 Å². The number of halogens is 1. The molecule has 114 valence electrons. The molecule has 0 aliphatic heterocycles. The van der Waals surface area contributed by atoms with E-state index in [2.05, 4.69) is 40.1 Å². The van der Waals surface area contributed by atoms with Crippen molar-refractivity contribution in [1.82, 2.24) is 15.1 Å². The van der Waals surface area contributed by atoms with Gasteiger partial charge < -0.3 is 5.32 Å². The first kappa shape index (κ1) is 15.3. The van der Waals surface area contributed by atoms with Crippen molar-refractivity contribution in [3.63, 3.8) is 0 Å². The Morgan fingerprint density at radius 2 is 1.95 bits per heavy atom. The van der Waals surface area contributed by atoms with Gasteiger partial charge in [0.05, 0.1) is 12.2 Å². The van der Waals surface area contributed by atoms with Gasteiger partial charge in [-0.1, -0.05) is 48.0 Å². The van der Waals surface area contributed by atoms with Crippen molar-refractivity contribution in [2.24, 2.45) is 0 Å². The van der Waals surface area contributed by atoms with Crippen molar-refractivity contribution in [3.05, 3.63) is 74.7 Å². The van der Waals surface area contributed by atoms with E-state index in [0.717, 1.165) is 29.5 Å². The second-order valence-corrected chi connectivity index (χ2v) is 6.57. The van der Waals surface area contributed by atoms with Crippen LogP contribution in [0.15, 0.2) is 47.8 Å². The van der Waals surface area contributed by atoms with Crippen LogP contribution >= 0.6 is 22.9 Å². The topological polar surface area (TPSA) is 29.9 Å². The van der Waals surface area contributed by atoms with Gasteiger partial charge in [-0.05, 0) is 23.9 Å². The van der Waals surface area contributed by atoms with E-state index in [1.807, 2.05) is 29.8 Å². The van der Waals surface area contributed by atoms with Gasteiger partial charge in [0.1, 0.15) is 5.15 Å². The van der Waals surface area contributed by atoms with Gasteiger partial charge in [0.15, 0.2) is 0 Å². The Kier molecular flexibility index (Phi) is 4.93. The summed E-state index contributed by atoms with van der Waals surface area (Å²) in [5, 5.41) is 10.8. The second-order valence-electron chi connectivity index (χ2n) is 5.18. The summed E-state index contributed by atoms with van der Waals surface area (Å²) in [4.78, 5) is 1.32. The molecule has 5 heteroatoms. The van der Waals surface area contributed by atoms with Crippen LogP contribution in [0.4, 0.5) is 0 Å². The quantitative estimate of drug-likeness (QED) is 0.732. The summed E-state index contributed by atoms with van der Waals surface area (Å²) in [5.74, 6) is 0. The molecule has 3 rings (SSSR count). The third kappa shape index (κ3) is 3.58. The molecule has 0 bridgehead atoms. The third-order valence-electron chi connectivity index (χ3n) is 3.54. The number of nitrogens with zero attached hydrogens (tertiary/aromatic N) is 2. The van der Waals surface area contributed by atoms with Gasteiger partial charge in [0.25, 0.3) is 0 Å². The maximum Gasteiger partial charge on any atom is 0.132 e. The second kappa shape index (κ2) is 7.09. The van der Waals surface area contributed by atoms with Gasteiger partial charge in [-0.3, -0.25) is 0 Å². The molecule has 0 aliphatic carbocycles. The summed E-state index contributed by atoms with van der Waals surface area (Å²) < 4.78 is 1.87. The molecular formula is C17H18ClN3S. The first-order valence-electron chi connectivity index (χ1n) is 7.23. The summed E-state index contributed by atoms with van der Waals surface area (Å²) in [6.45, 7) is 4.30. The Bertz CT molecular complexity index is 720. The molecule has 0 radical (unpaired) electrons. The lowest BCUT2D eigenvalue weighted by molar-refractivity contribution is 0.677. The van der Waals surface area contributed by atoms with Crippen LogP contribution in [0.3, 0.4) is 0 Å². The summed E-state index contributed by atoms with van der Waals surface area (Å²) in [6, 6.07) is 14.4. The van der Waals surface area contributed by atoms with Crippen LogP contribution in [0.1, 0.15) is 21.7 Å². The molecule has 0 atom stereocenters. The fourth-order valence-corrected chi connectivity index (χ4v) is 3.35. The maximum atomic E-state index is 6.50. The van der Waals surface area contributed by atoms with E-state index in [4.69, 9.17) is 11.6 Å². The van der Waals surface area contributed by atoms with Crippen molar-refractivity contribution in [2.75, 3.05) is 0 Å². The first-order valence-corrected chi connectivity index (χ1v) is 8.48. The lowest BCUT2D eigenvalue weighted by atomic mass is 10.2. The van der Waals surface area contributed by atoms with E-state index < -0.39 is 0 Å². The van der Waals surface area contributed by atoms with E-state index >= 15 is 0 Å². The Labute approximate surface area is 139 Å². The average Bonchev–Trinajstić information content (AvgIpc) is 3.12. The number of thiophene rings is 1. The highest BCUT2D eigenvalue weighted by Gasteiger charge is 2.13. The molecule has 0 saturated heterocycles. The number of benzene rings is 1. The molecule has 0 fully saturated rings. The number of hydrogen-bond donors (Lipinski definition) is 1. The van der Waals surface area contributed by atoms with E-state index in [1.54, 1.807) is 11.3 Å². The van der Waals surface area contributed by atoms with E-state index in [-0.39, 0.29) is 0 Å². The highest BCUT2D eigenvalue weighted by Crippen LogP contribution is 2.21. The molecule has 2 aromatic heterocycles. The zero-order valence-corrected chi connectivity index (χ0v) is 14.0. The minimum Gasteiger partial charge on any atom is -0.308 e. The number of nitrogens with one attached hydrogen (secondary N) is 1. The van der Waals surface area contributed by atoms with Gasteiger partial charge in [0, 0.05) is 23.5 Å². The standard InChI is InChI=1S/C17H18ClN3S/c1-13-16(11-19-10-15-8-5-9-22-15)17(18)21(20-13)12-14-6-3-2-4-7-14/h2-9,19H,10-12H2,1H3. The minimum absolute atomic E-state index is 0.700. The first-order chi connectivity index (χ1) is 10.7. The van der Waals surface area contributed by atoms with Crippen LogP contribution in [-0.2, 0) is 19.6 Å². The Hall–Kier alpha value is -1.62. The van der Waals surface area contributed by atoms with Gasteiger partial charge in [0.2, 0.25) is 0 Å². The average molecular weight is 332 g/mol. The highest BCUT2D eigenvalue weighted by atomic mass is 35.5. The SMILES string of the molecule is Cc1nn(Cc2ccccc2)c(Cl)c1CNCc1cccs1. The maximum absolute atomic E-state index is 6.50. The van der Waals surface area contributed by atoms with Crippen molar-refractivity contribution in [3.8, 4) is 0 Å². The van der Waals surface area contributed by atoms with E-state index in [9.17, 15) is 0 Å². The normalized spacial score (nSPS) is 11.0. The zero-order valence-electron chi connectivity index (χ0n) is 12.4. The molecule has 2 heterocycles. The van der Waals surface area contributed by atoms with Crippen LogP contribution in [0, 0.1) is 6.92 Å². The minimum atomic E-state index is 0.700. The fourth-order valence-electron chi connectivity index (χ4n) is 2.38. The third-order valence-corrected chi connectivity index (χ3v) is 4.84. The largest absolute Gasteiger partial charge is 0.308 e. The Morgan fingerprint density at radius 3 is 2.68 bits per heavy atom. The van der Waals surface area contributed by atoms with Crippen LogP contribution in [0.2, 0.25) is 5.15 Å². The predicted octanol–water partition coefficient (Wildman–Crippen LogP) is 4.24. The molecule has 1 N–H and O–H groups in total. The molecular weight excluding hydrogens is 314 g/mol. The monoisotopic (exact) mass is 331 g/mol. The summed E-state index contributed by atoms with van der Waals surface area (Å²) in [5.41, 5.74) is 3.26. The van der Waals surface area contributed by atoms with Crippen molar-refractivity contribution in [1.29, 1.82) is 0 Å². The molecule has 0 amide bonds. The summed E-state index contributed by atoms with van der Waals surface area (Å²) in [7, 11) is 0.